The topological polar surface area (TPSA) is 113 Å². The molecular formula is C17H19N5O3S. The van der Waals surface area contributed by atoms with E-state index in [1.54, 1.807) is 6.20 Å². The number of thioether (sulfide) groups is 1. The number of urea groups is 1. The van der Waals surface area contributed by atoms with Crippen molar-refractivity contribution in [2.45, 2.75) is 19.1 Å². The number of rotatable bonds is 6. The smallest absolute Gasteiger partial charge is 0.321 e. The number of carbonyl (C=O) groups excluding carboxylic acids is 2. The van der Waals surface area contributed by atoms with Crippen LogP contribution in [0.15, 0.2) is 40.1 Å². The Kier molecular flexibility index (Phi) is 5.57. The molecule has 0 aliphatic heterocycles. The third kappa shape index (κ3) is 4.42. The summed E-state index contributed by atoms with van der Waals surface area (Å²) in [4.78, 5) is 26.5. The molecule has 3 rings (SSSR count). The summed E-state index contributed by atoms with van der Waals surface area (Å²) in [6, 6.07) is 7.28. The van der Waals surface area contributed by atoms with Gasteiger partial charge >= 0.3 is 6.03 Å². The van der Waals surface area contributed by atoms with Crippen molar-refractivity contribution in [1.29, 1.82) is 0 Å². The number of para-hydroxylation sites is 1. The first kappa shape index (κ1) is 18.0. The van der Waals surface area contributed by atoms with Gasteiger partial charge in [0, 0.05) is 23.6 Å². The quantitative estimate of drug-likeness (QED) is 0.573. The lowest BCUT2D eigenvalue weighted by molar-refractivity contribution is -0.117. The largest absolute Gasteiger partial charge is 0.411 e. The number of imide groups is 1. The Morgan fingerprint density at radius 3 is 2.88 bits per heavy atom. The SMILES string of the molecule is CC(C)CNC(=O)NC(=O)CSc1nnc(-c2c[nH]c3ccccc23)o1. The first-order chi connectivity index (χ1) is 12.5. The number of nitrogens with zero attached hydrogens (tertiary/aromatic N) is 2. The number of H-pyrrole nitrogens is 1. The molecule has 0 aliphatic carbocycles. The summed E-state index contributed by atoms with van der Waals surface area (Å²) in [7, 11) is 0. The van der Waals surface area contributed by atoms with Gasteiger partial charge in [-0.25, -0.2) is 4.79 Å². The Morgan fingerprint density at radius 2 is 2.08 bits per heavy atom. The Morgan fingerprint density at radius 1 is 1.27 bits per heavy atom. The lowest BCUT2D eigenvalue weighted by Gasteiger charge is -2.07. The number of aromatic nitrogens is 3. The molecule has 2 heterocycles. The summed E-state index contributed by atoms with van der Waals surface area (Å²) in [6.07, 6.45) is 1.80. The normalized spacial score (nSPS) is 11.0. The summed E-state index contributed by atoms with van der Waals surface area (Å²) in [5, 5.41) is 14.1. The molecule has 0 aliphatic rings. The molecule has 26 heavy (non-hydrogen) atoms. The first-order valence-corrected chi connectivity index (χ1v) is 9.12. The van der Waals surface area contributed by atoms with Crippen molar-refractivity contribution in [3.05, 3.63) is 30.5 Å². The van der Waals surface area contributed by atoms with E-state index in [9.17, 15) is 9.59 Å². The summed E-state index contributed by atoms with van der Waals surface area (Å²) < 4.78 is 5.61. The molecule has 1 aromatic carbocycles. The van der Waals surface area contributed by atoms with Gasteiger partial charge in [-0.2, -0.15) is 0 Å². The van der Waals surface area contributed by atoms with E-state index in [4.69, 9.17) is 4.42 Å². The predicted octanol–water partition coefficient (Wildman–Crippen LogP) is 2.79. The Balaban J connectivity index is 1.56. The zero-order valence-corrected chi connectivity index (χ0v) is 15.2. The van der Waals surface area contributed by atoms with Crippen molar-refractivity contribution in [1.82, 2.24) is 25.8 Å². The van der Waals surface area contributed by atoms with Gasteiger partial charge in [0.2, 0.25) is 5.91 Å². The van der Waals surface area contributed by atoms with E-state index in [-0.39, 0.29) is 11.0 Å². The van der Waals surface area contributed by atoms with Crippen LogP contribution >= 0.6 is 11.8 Å². The highest BCUT2D eigenvalue weighted by Gasteiger charge is 2.15. The number of fused-ring (bicyclic) bond motifs is 1. The molecule has 3 amide bonds. The van der Waals surface area contributed by atoms with Crippen LogP contribution in [0.3, 0.4) is 0 Å². The van der Waals surface area contributed by atoms with Gasteiger partial charge in [-0.3, -0.25) is 10.1 Å². The Hall–Kier alpha value is -2.81. The van der Waals surface area contributed by atoms with Crippen molar-refractivity contribution in [3.8, 4) is 11.5 Å². The van der Waals surface area contributed by atoms with Crippen LogP contribution in [0.1, 0.15) is 13.8 Å². The van der Waals surface area contributed by atoms with Gasteiger partial charge in [-0.15, -0.1) is 10.2 Å². The molecule has 0 atom stereocenters. The second kappa shape index (κ2) is 8.05. The first-order valence-electron chi connectivity index (χ1n) is 8.13. The highest BCUT2D eigenvalue weighted by atomic mass is 32.2. The van der Waals surface area contributed by atoms with Gasteiger partial charge in [-0.05, 0) is 12.0 Å². The van der Waals surface area contributed by atoms with Crippen LogP contribution < -0.4 is 10.6 Å². The number of amides is 3. The second-order valence-corrected chi connectivity index (χ2v) is 6.99. The van der Waals surface area contributed by atoms with E-state index < -0.39 is 11.9 Å². The summed E-state index contributed by atoms with van der Waals surface area (Å²) in [5.41, 5.74) is 1.78. The monoisotopic (exact) mass is 373 g/mol. The van der Waals surface area contributed by atoms with Crippen molar-refractivity contribution < 1.29 is 14.0 Å². The van der Waals surface area contributed by atoms with E-state index in [0.717, 1.165) is 28.2 Å². The number of nitrogens with one attached hydrogen (secondary N) is 3. The molecule has 136 valence electrons. The third-order valence-electron chi connectivity index (χ3n) is 3.48. The fourth-order valence-corrected chi connectivity index (χ4v) is 2.82. The van der Waals surface area contributed by atoms with Gasteiger partial charge in [0.05, 0.1) is 11.3 Å². The average molecular weight is 373 g/mol. The molecule has 0 unspecified atom stereocenters. The third-order valence-corrected chi connectivity index (χ3v) is 4.30. The minimum atomic E-state index is -0.505. The Labute approximate surface area is 154 Å². The molecule has 0 spiro atoms. The molecule has 0 radical (unpaired) electrons. The molecule has 9 heteroatoms. The standard InChI is InChI=1S/C17H19N5O3S/c1-10(2)7-19-16(24)20-14(23)9-26-17-22-21-15(25-17)12-8-18-13-6-4-3-5-11(12)13/h3-6,8,10,18H,7,9H2,1-2H3,(H2,19,20,23,24). The van der Waals surface area contributed by atoms with Crippen LogP contribution in [0.4, 0.5) is 4.79 Å². The van der Waals surface area contributed by atoms with Crippen molar-refractivity contribution >= 4 is 34.6 Å². The van der Waals surface area contributed by atoms with E-state index in [0.29, 0.717) is 18.4 Å². The molecule has 3 aromatic rings. The minimum absolute atomic E-state index is 0.00458. The molecule has 0 saturated carbocycles. The summed E-state index contributed by atoms with van der Waals surface area (Å²) >= 11 is 1.08. The van der Waals surface area contributed by atoms with Crippen molar-refractivity contribution in [2.24, 2.45) is 5.92 Å². The Bertz CT molecular complexity index is 918. The van der Waals surface area contributed by atoms with Crippen LogP contribution in [0.25, 0.3) is 22.4 Å². The fraction of sp³-hybridized carbons (Fsp3) is 0.294. The lowest BCUT2D eigenvalue weighted by atomic mass is 10.2. The molecule has 0 saturated heterocycles. The molecule has 2 aromatic heterocycles. The molecule has 3 N–H and O–H groups in total. The van der Waals surface area contributed by atoms with Gasteiger partial charge < -0.3 is 14.7 Å². The number of hydrogen-bond donors (Lipinski definition) is 3. The fourth-order valence-electron chi connectivity index (χ4n) is 2.26. The van der Waals surface area contributed by atoms with E-state index in [1.807, 2.05) is 38.1 Å². The van der Waals surface area contributed by atoms with Crippen molar-refractivity contribution in [3.63, 3.8) is 0 Å². The number of aromatic amines is 1. The van der Waals surface area contributed by atoms with Gasteiger partial charge in [0.25, 0.3) is 11.1 Å². The van der Waals surface area contributed by atoms with Crippen LogP contribution in [0.2, 0.25) is 0 Å². The van der Waals surface area contributed by atoms with Crippen LogP contribution in [0, 0.1) is 5.92 Å². The van der Waals surface area contributed by atoms with E-state index in [2.05, 4.69) is 25.8 Å². The van der Waals surface area contributed by atoms with Gasteiger partial charge in [0.15, 0.2) is 0 Å². The van der Waals surface area contributed by atoms with Crippen molar-refractivity contribution in [2.75, 3.05) is 12.3 Å². The summed E-state index contributed by atoms with van der Waals surface area (Å²) in [5.74, 6) is 0.264. The average Bonchev–Trinajstić information content (AvgIpc) is 3.24. The molecule has 8 nitrogen and oxygen atoms in total. The van der Waals surface area contributed by atoms with Gasteiger partial charge in [0.1, 0.15) is 0 Å². The zero-order valence-electron chi connectivity index (χ0n) is 14.4. The maximum absolute atomic E-state index is 11.8. The summed E-state index contributed by atoms with van der Waals surface area (Å²) in [6.45, 7) is 4.45. The second-order valence-electron chi connectivity index (χ2n) is 6.06. The molecular weight excluding hydrogens is 354 g/mol. The zero-order chi connectivity index (χ0) is 18.5. The van der Waals surface area contributed by atoms with Crippen LogP contribution in [-0.2, 0) is 4.79 Å². The number of hydrogen-bond acceptors (Lipinski definition) is 6. The minimum Gasteiger partial charge on any atom is -0.411 e. The number of benzene rings is 1. The highest BCUT2D eigenvalue weighted by molar-refractivity contribution is 7.99. The maximum atomic E-state index is 11.8. The van der Waals surface area contributed by atoms with E-state index >= 15 is 0 Å². The predicted molar refractivity (Wildman–Crippen MR) is 98.7 cm³/mol. The van der Waals surface area contributed by atoms with Gasteiger partial charge in [-0.1, -0.05) is 43.8 Å². The lowest BCUT2D eigenvalue weighted by Crippen LogP contribution is -2.41. The highest BCUT2D eigenvalue weighted by Crippen LogP contribution is 2.29. The maximum Gasteiger partial charge on any atom is 0.321 e. The molecule has 0 bridgehead atoms. The van der Waals surface area contributed by atoms with E-state index in [1.165, 1.54) is 0 Å². The van der Waals surface area contributed by atoms with Crippen LogP contribution in [-0.4, -0.2) is 39.4 Å². The van der Waals surface area contributed by atoms with Crippen LogP contribution in [0.5, 0.6) is 0 Å². The number of carbonyl (C=O) groups is 2. The molecule has 0 fully saturated rings.